The summed E-state index contributed by atoms with van der Waals surface area (Å²) in [4.78, 5) is 0. The Bertz CT molecular complexity index is 2680. The molecule has 230 valence electrons. The maximum Gasteiger partial charge on any atom is 0.136 e. The first-order chi connectivity index (χ1) is 24.3. The molecule has 0 spiro atoms. The summed E-state index contributed by atoms with van der Waals surface area (Å²) in [5.41, 5.74) is 13.4. The van der Waals surface area contributed by atoms with E-state index in [4.69, 9.17) is 4.74 Å². The van der Waals surface area contributed by atoms with Crippen LogP contribution in [0.5, 0.6) is 5.75 Å². The van der Waals surface area contributed by atoms with Gasteiger partial charge in [0.25, 0.3) is 0 Å². The third kappa shape index (κ3) is 3.93. The lowest BCUT2D eigenvalue weighted by Crippen LogP contribution is -2.27. The van der Waals surface area contributed by atoms with E-state index < -0.39 is 0 Å². The minimum Gasteiger partial charge on any atom is -0.484 e. The molecule has 0 bridgehead atoms. The van der Waals surface area contributed by atoms with Crippen LogP contribution in [0.25, 0.3) is 65.7 Å². The fourth-order valence-electron chi connectivity index (χ4n) is 9.12. The molecule has 11 rings (SSSR count). The zero-order valence-corrected chi connectivity index (χ0v) is 26.9. The number of fused-ring (bicyclic) bond motifs is 11. The number of benzene rings is 7. The first-order valence-corrected chi connectivity index (χ1v) is 17.4. The van der Waals surface area contributed by atoms with Crippen LogP contribution in [0.1, 0.15) is 40.5 Å². The Hall–Kier alpha value is -5.92. The summed E-state index contributed by atoms with van der Waals surface area (Å²) in [5.74, 6) is 1.59. The molecule has 7 aromatic rings. The molecule has 0 amide bonds. The molecule has 0 aromatic heterocycles. The van der Waals surface area contributed by atoms with Gasteiger partial charge in [-0.05, 0) is 102 Å². The molecular weight excluding hydrogens is 593 g/mol. The topological polar surface area (TPSA) is 9.23 Å². The number of ether oxygens (including phenoxy) is 1. The van der Waals surface area contributed by atoms with E-state index >= 15 is 0 Å². The molecule has 3 unspecified atom stereocenters. The van der Waals surface area contributed by atoms with Crippen molar-refractivity contribution in [1.29, 1.82) is 0 Å². The van der Waals surface area contributed by atoms with Crippen LogP contribution in [-0.2, 0) is 0 Å². The monoisotopic (exact) mass is 624 g/mol. The normalized spacial score (nSPS) is 19.8. The maximum atomic E-state index is 6.95. The SMILES string of the molecule is C1=CC2Oc3c(-c4ccc5cc(C6=CC=C7c8ccccc8-c8ccccc8C7C6)ccc5c4)c4ccccc4c4cccc(c34)C2C=C1. The fourth-order valence-corrected chi connectivity index (χ4v) is 9.12. The van der Waals surface area contributed by atoms with Gasteiger partial charge >= 0.3 is 0 Å². The van der Waals surface area contributed by atoms with E-state index in [-0.39, 0.29) is 12.0 Å². The third-order valence-electron chi connectivity index (χ3n) is 11.4. The molecule has 4 aliphatic rings. The second-order valence-corrected chi connectivity index (χ2v) is 13.9. The van der Waals surface area contributed by atoms with Crippen molar-refractivity contribution in [2.24, 2.45) is 0 Å². The summed E-state index contributed by atoms with van der Waals surface area (Å²) in [7, 11) is 0. The van der Waals surface area contributed by atoms with E-state index in [1.165, 1.54) is 88.0 Å². The highest BCUT2D eigenvalue weighted by Gasteiger charge is 2.34. The molecule has 49 heavy (non-hydrogen) atoms. The predicted molar refractivity (Wildman–Crippen MR) is 205 cm³/mol. The highest BCUT2D eigenvalue weighted by atomic mass is 16.5. The van der Waals surface area contributed by atoms with Gasteiger partial charge in [-0.3, -0.25) is 0 Å². The van der Waals surface area contributed by atoms with E-state index in [1.54, 1.807) is 0 Å². The average molecular weight is 625 g/mol. The molecule has 7 aromatic carbocycles. The van der Waals surface area contributed by atoms with Crippen molar-refractivity contribution < 1.29 is 4.74 Å². The Morgan fingerprint density at radius 1 is 0.531 bits per heavy atom. The van der Waals surface area contributed by atoms with Crippen LogP contribution in [0.2, 0.25) is 0 Å². The molecule has 0 radical (unpaired) electrons. The highest BCUT2D eigenvalue weighted by Crippen LogP contribution is 2.53. The quantitative estimate of drug-likeness (QED) is 0.174. The smallest absolute Gasteiger partial charge is 0.136 e. The van der Waals surface area contributed by atoms with Gasteiger partial charge in [0.1, 0.15) is 11.9 Å². The lowest BCUT2D eigenvalue weighted by atomic mass is 9.70. The zero-order chi connectivity index (χ0) is 32.1. The Balaban J connectivity index is 1.04. The van der Waals surface area contributed by atoms with E-state index in [9.17, 15) is 0 Å². The first kappa shape index (κ1) is 27.1. The number of hydrogen-bond acceptors (Lipinski definition) is 1. The van der Waals surface area contributed by atoms with Crippen LogP contribution in [-0.4, -0.2) is 6.10 Å². The third-order valence-corrected chi connectivity index (χ3v) is 11.4. The number of allylic oxidation sites excluding steroid dienone is 6. The predicted octanol–water partition coefficient (Wildman–Crippen LogP) is 12.4. The van der Waals surface area contributed by atoms with Crippen LogP contribution in [0, 0.1) is 0 Å². The summed E-state index contributed by atoms with van der Waals surface area (Å²) in [6.07, 6.45) is 14.5. The number of hydrogen-bond donors (Lipinski definition) is 0. The summed E-state index contributed by atoms with van der Waals surface area (Å²) in [5, 5.41) is 7.51. The minimum absolute atomic E-state index is 0.00558. The average Bonchev–Trinajstić information content (AvgIpc) is 3.17. The van der Waals surface area contributed by atoms with Crippen molar-refractivity contribution >= 4 is 43.5 Å². The van der Waals surface area contributed by atoms with Crippen molar-refractivity contribution in [3.63, 3.8) is 0 Å². The fraction of sp³-hybridized carbons (Fsp3) is 0.0833. The largest absolute Gasteiger partial charge is 0.484 e. The van der Waals surface area contributed by atoms with E-state index in [2.05, 4.69) is 164 Å². The van der Waals surface area contributed by atoms with Gasteiger partial charge in [0.05, 0.1) is 0 Å². The molecule has 0 saturated heterocycles. The summed E-state index contributed by atoms with van der Waals surface area (Å²) < 4.78 is 6.95. The van der Waals surface area contributed by atoms with E-state index in [0.29, 0.717) is 5.92 Å². The lowest BCUT2D eigenvalue weighted by Gasteiger charge is -2.34. The molecule has 3 atom stereocenters. The molecule has 1 aliphatic heterocycles. The van der Waals surface area contributed by atoms with Crippen LogP contribution >= 0.6 is 0 Å². The Morgan fingerprint density at radius 3 is 2.12 bits per heavy atom. The van der Waals surface area contributed by atoms with Gasteiger partial charge in [-0.15, -0.1) is 0 Å². The Labute approximate surface area is 285 Å². The van der Waals surface area contributed by atoms with E-state index in [1.807, 2.05) is 0 Å². The van der Waals surface area contributed by atoms with Gasteiger partial charge < -0.3 is 4.74 Å². The molecule has 0 saturated carbocycles. The summed E-state index contributed by atoms with van der Waals surface area (Å²) in [6.45, 7) is 0. The van der Waals surface area contributed by atoms with Crippen molar-refractivity contribution in [3.05, 3.63) is 186 Å². The van der Waals surface area contributed by atoms with Gasteiger partial charge in [0.2, 0.25) is 0 Å². The van der Waals surface area contributed by atoms with Gasteiger partial charge in [0, 0.05) is 22.8 Å². The van der Waals surface area contributed by atoms with Gasteiger partial charge in [-0.1, -0.05) is 146 Å². The number of rotatable bonds is 2. The van der Waals surface area contributed by atoms with Gasteiger partial charge in [0.15, 0.2) is 0 Å². The van der Waals surface area contributed by atoms with Crippen molar-refractivity contribution in [3.8, 4) is 28.0 Å². The van der Waals surface area contributed by atoms with Gasteiger partial charge in [-0.2, -0.15) is 0 Å². The first-order valence-electron chi connectivity index (χ1n) is 17.4. The lowest BCUT2D eigenvalue weighted by molar-refractivity contribution is 0.228. The van der Waals surface area contributed by atoms with Crippen molar-refractivity contribution in [2.45, 2.75) is 24.4 Å². The highest BCUT2D eigenvalue weighted by molar-refractivity contribution is 6.19. The molecule has 0 fully saturated rings. The van der Waals surface area contributed by atoms with Crippen molar-refractivity contribution in [1.82, 2.24) is 0 Å². The molecular formula is C48H32O. The van der Waals surface area contributed by atoms with Gasteiger partial charge in [-0.25, -0.2) is 0 Å². The summed E-state index contributed by atoms with van der Waals surface area (Å²) in [6, 6.07) is 47.4. The zero-order valence-electron chi connectivity index (χ0n) is 26.9. The van der Waals surface area contributed by atoms with Crippen LogP contribution in [0.3, 0.4) is 0 Å². The molecule has 1 heteroatoms. The molecule has 1 heterocycles. The van der Waals surface area contributed by atoms with Crippen LogP contribution in [0.4, 0.5) is 0 Å². The second kappa shape index (κ2) is 10.3. The molecule has 0 N–H and O–H groups in total. The Kier molecular flexibility index (Phi) is 5.68. The second-order valence-electron chi connectivity index (χ2n) is 13.9. The van der Waals surface area contributed by atoms with Crippen molar-refractivity contribution in [2.75, 3.05) is 0 Å². The van der Waals surface area contributed by atoms with Crippen LogP contribution < -0.4 is 4.74 Å². The summed E-state index contributed by atoms with van der Waals surface area (Å²) >= 11 is 0. The Morgan fingerprint density at radius 2 is 1.22 bits per heavy atom. The maximum absolute atomic E-state index is 6.95. The van der Waals surface area contributed by atoms with Crippen LogP contribution in [0.15, 0.2) is 164 Å². The standard InChI is InChI=1S/C48H32O/c1-2-12-36-34(10-1)35-11-3-4-13-37(35)44-28-32(24-25-39(36)44)30-20-21-31-27-33(23-22-29(31)26-30)46-41-16-6-5-14-38(41)42-17-9-18-43-40-15-7-8-19-45(40)49-48(46)47(42)43/h1-27,40,44-45H,28H2. The molecule has 1 nitrogen and oxygen atoms in total. The minimum atomic E-state index is -0.00558. The molecule has 3 aliphatic carbocycles. The van der Waals surface area contributed by atoms with E-state index in [0.717, 1.165) is 12.2 Å².